The van der Waals surface area contributed by atoms with Crippen molar-refractivity contribution in [2.45, 2.75) is 72.4 Å². The summed E-state index contributed by atoms with van der Waals surface area (Å²) in [6.07, 6.45) is 5.45. The summed E-state index contributed by atoms with van der Waals surface area (Å²) in [4.78, 5) is 11.6. The Morgan fingerprint density at radius 2 is 1.95 bits per heavy atom. The lowest BCUT2D eigenvalue weighted by molar-refractivity contribution is 0.589. The highest BCUT2D eigenvalue weighted by molar-refractivity contribution is 5.50. The third kappa shape index (κ3) is 4.17. The smallest absolute Gasteiger partial charge is 0.131 e. The van der Waals surface area contributed by atoms with E-state index in [-0.39, 0.29) is 0 Å². The van der Waals surface area contributed by atoms with Crippen LogP contribution >= 0.6 is 0 Å². The Labute approximate surface area is 123 Å². The highest BCUT2D eigenvalue weighted by Crippen LogP contribution is 2.23. The third-order valence-electron chi connectivity index (χ3n) is 3.76. The SMILES string of the molecule is CCCCN(c1cnc(C(C)C)nc1CN)C(C)CC. The quantitative estimate of drug-likeness (QED) is 0.791. The van der Waals surface area contributed by atoms with Crippen molar-refractivity contribution in [3.8, 4) is 0 Å². The second-order valence-electron chi connectivity index (χ2n) is 5.72. The molecule has 0 fully saturated rings. The maximum atomic E-state index is 5.91. The Bertz CT molecular complexity index is 403. The highest BCUT2D eigenvalue weighted by Gasteiger charge is 2.18. The standard InChI is InChI=1S/C16H30N4/c1-6-8-9-20(13(5)7-2)15-11-18-16(12(3)4)19-14(15)10-17/h11-13H,6-10,17H2,1-5H3. The van der Waals surface area contributed by atoms with Crippen molar-refractivity contribution < 1.29 is 0 Å². The van der Waals surface area contributed by atoms with Crippen LogP contribution in [0, 0.1) is 0 Å². The molecule has 0 amide bonds. The van der Waals surface area contributed by atoms with E-state index in [1.807, 2.05) is 6.20 Å². The maximum absolute atomic E-state index is 5.91. The van der Waals surface area contributed by atoms with E-state index in [9.17, 15) is 0 Å². The molecule has 20 heavy (non-hydrogen) atoms. The minimum Gasteiger partial charge on any atom is -0.366 e. The van der Waals surface area contributed by atoms with Crippen LogP contribution in [0.25, 0.3) is 0 Å². The summed E-state index contributed by atoms with van der Waals surface area (Å²) >= 11 is 0. The molecule has 0 saturated carbocycles. The molecule has 0 radical (unpaired) electrons. The van der Waals surface area contributed by atoms with E-state index in [4.69, 9.17) is 5.73 Å². The molecule has 1 aromatic heterocycles. The molecular weight excluding hydrogens is 248 g/mol. The van der Waals surface area contributed by atoms with Crippen molar-refractivity contribution in [1.82, 2.24) is 9.97 Å². The Balaban J connectivity index is 3.11. The minimum absolute atomic E-state index is 0.335. The molecule has 2 N–H and O–H groups in total. The van der Waals surface area contributed by atoms with Gasteiger partial charge in [0.25, 0.3) is 0 Å². The van der Waals surface area contributed by atoms with Gasteiger partial charge in [0.1, 0.15) is 5.82 Å². The summed E-state index contributed by atoms with van der Waals surface area (Å²) in [6.45, 7) is 12.4. The van der Waals surface area contributed by atoms with Crippen LogP contribution in [0.5, 0.6) is 0 Å². The number of hydrogen-bond acceptors (Lipinski definition) is 4. The molecule has 0 bridgehead atoms. The molecule has 0 spiro atoms. The molecule has 0 aliphatic rings. The fourth-order valence-electron chi connectivity index (χ4n) is 2.22. The van der Waals surface area contributed by atoms with Crippen molar-refractivity contribution in [2.24, 2.45) is 5.73 Å². The van der Waals surface area contributed by atoms with Crippen molar-refractivity contribution >= 4 is 5.69 Å². The number of hydrogen-bond donors (Lipinski definition) is 1. The second-order valence-corrected chi connectivity index (χ2v) is 5.72. The van der Waals surface area contributed by atoms with Gasteiger partial charge >= 0.3 is 0 Å². The van der Waals surface area contributed by atoms with Gasteiger partial charge in [0.15, 0.2) is 0 Å². The zero-order chi connectivity index (χ0) is 15.1. The average molecular weight is 278 g/mol. The molecule has 0 aromatic carbocycles. The normalized spacial score (nSPS) is 12.8. The molecule has 0 aliphatic heterocycles. The van der Waals surface area contributed by atoms with Crippen molar-refractivity contribution in [3.63, 3.8) is 0 Å². The highest BCUT2D eigenvalue weighted by atomic mass is 15.2. The van der Waals surface area contributed by atoms with E-state index in [2.05, 4.69) is 49.5 Å². The van der Waals surface area contributed by atoms with Gasteiger partial charge < -0.3 is 10.6 Å². The van der Waals surface area contributed by atoms with Gasteiger partial charge in [0, 0.05) is 25.0 Å². The number of unbranched alkanes of at least 4 members (excludes halogenated alkanes) is 1. The Hall–Kier alpha value is -1.16. The van der Waals surface area contributed by atoms with Crippen molar-refractivity contribution in [3.05, 3.63) is 17.7 Å². The summed E-state index contributed by atoms with van der Waals surface area (Å²) in [5, 5.41) is 0. The molecule has 1 rings (SSSR count). The second kappa shape index (κ2) is 8.20. The number of anilines is 1. The van der Waals surface area contributed by atoms with Crippen LogP contribution in [-0.4, -0.2) is 22.6 Å². The summed E-state index contributed by atoms with van der Waals surface area (Å²) < 4.78 is 0. The predicted octanol–water partition coefficient (Wildman–Crippen LogP) is 3.46. The number of rotatable bonds is 8. The molecule has 114 valence electrons. The van der Waals surface area contributed by atoms with Gasteiger partial charge in [0.2, 0.25) is 0 Å². The fraction of sp³-hybridized carbons (Fsp3) is 0.750. The number of nitrogens with two attached hydrogens (primary N) is 1. The van der Waals surface area contributed by atoms with Crippen LogP contribution in [0.3, 0.4) is 0 Å². The molecule has 0 saturated heterocycles. The van der Waals surface area contributed by atoms with Gasteiger partial charge in [-0.1, -0.05) is 34.1 Å². The lowest BCUT2D eigenvalue weighted by Gasteiger charge is -2.32. The zero-order valence-corrected chi connectivity index (χ0v) is 13.7. The monoisotopic (exact) mass is 278 g/mol. The van der Waals surface area contributed by atoms with Gasteiger partial charge in [-0.05, 0) is 19.8 Å². The first-order chi connectivity index (χ1) is 9.54. The van der Waals surface area contributed by atoms with Gasteiger partial charge in [-0.25, -0.2) is 9.97 Å². The van der Waals surface area contributed by atoms with E-state index in [1.165, 1.54) is 12.8 Å². The number of nitrogens with zero attached hydrogens (tertiary/aromatic N) is 3. The van der Waals surface area contributed by atoms with Crippen molar-refractivity contribution in [1.29, 1.82) is 0 Å². The van der Waals surface area contributed by atoms with Gasteiger partial charge in [0.05, 0.1) is 17.6 Å². The van der Waals surface area contributed by atoms with Gasteiger partial charge in [-0.3, -0.25) is 0 Å². The van der Waals surface area contributed by atoms with E-state index in [0.717, 1.165) is 30.2 Å². The first-order valence-corrected chi connectivity index (χ1v) is 7.87. The molecule has 4 nitrogen and oxygen atoms in total. The lowest BCUT2D eigenvalue weighted by atomic mass is 10.1. The zero-order valence-electron chi connectivity index (χ0n) is 13.7. The summed E-state index contributed by atoms with van der Waals surface area (Å²) in [5.74, 6) is 1.22. The molecule has 1 heterocycles. The fourth-order valence-corrected chi connectivity index (χ4v) is 2.22. The molecule has 0 aliphatic carbocycles. The van der Waals surface area contributed by atoms with Crippen LogP contribution in [-0.2, 0) is 6.54 Å². The third-order valence-corrected chi connectivity index (χ3v) is 3.76. The first-order valence-electron chi connectivity index (χ1n) is 7.87. The molecule has 1 atom stereocenters. The molecular formula is C16H30N4. The van der Waals surface area contributed by atoms with E-state index < -0.39 is 0 Å². The van der Waals surface area contributed by atoms with Gasteiger partial charge in [-0.15, -0.1) is 0 Å². The molecule has 1 aromatic rings. The lowest BCUT2D eigenvalue weighted by Crippen LogP contribution is -2.35. The summed E-state index contributed by atoms with van der Waals surface area (Å²) in [5.41, 5.74) is 7.99. The van der Waals surface area contributed by atoms with Gasteiger partial charge in [-0.2, -0.15) is 0 Å². The van der Waals surface area contributed by atoms with Crippen molar-refractivity contribution in [2.75, 3.05) is 11.4 Å². The number of aromatic nitrogens is 2. The Morgan fingerprint density at radius 1 is 1.25 bits per heavy atom. The average Bonchev–Trinajstić information content (AvgIpc) is 2.47. The maximum Gasteiger partial charge on any atom is 0.131 e. The molecule has 1 unspecified atom stereocenters. The van der Waals surface area contributed by atoms with E-state index in [0.29, 0.717) is 18.5 Å². The van der Waals surface area contributed by atoms with Crippen LogP contribution in [0.4, 0.5) is 5.69 Å². The minimum atomic E-state index is 0.335. The van der Waals surface area contributed by atoms with Crippen LogP contribution < -0.4 is 10.6 Å². The predicted molar refractivity (Wildman–Crippen MR) is 86.0 cm³/mol. The van der Waals surface area contributed by atoms with Crippen LogP contribution in [0.1, 0.15) is 71.3 Å². The first kappa shape index (κ1) is 16.9. The Kier molecular flexibility index (Phi) is 6.93. The Morgan fingerprint density at radius 3 is 2.45 bits per heavy atom. The van der Waals surface area contributed by atoms with Crippen LogP contribution in [0.2, 0.25) is 0 Å². The van der Waals surface area contributed by atoms with E-state index in [1.54, 1.807) is 0 Å². The van der Waals surface area contributed by atoms with E-state index >= 15 is 0 Å². The van der Waals surface area contributed by atoms with Crippen LogP contribution in [0.15, 0.2) is 6.20 Å². The topological polar surface area (TPSA) is 55.0 Å². The summed E-state index contributed by atoms with van der Waals surface area (Å²) in [6, 6.07) is 0.486. The largest absolute Gasteiger partial charge is 0.366 e. The molecule has 4 heteroatoms. The summed E-state index contributed by atoms with van der Waals surface area (Å²) in [7, 11) is 0.